The molecule has 0 spiro atoms. The van der Waals surface area contributed by atoms with E-state index < -0.39 is 0 Å². The Hall–Kier alpha value is -1.59. The Balaban J connectivity index is 1.58. The van der Waals surface area contributed by atoms with Crippen LogP contribution in [0.2, 0.25) is 0 Å². The second-order valence-electron chi connectivity index (χ2n) is 6.58. The second kappa shape index (κ2) is 6.89. The predicted molar refractivity (Wildman–Crippen MR) is 91.1 cm³/mol. The molecule has 2 fully saturated rings. The van der Waals surface area contributed by atoms with Crippen LogP contribution in [-0.2, 0) is 6.42 Å². The largest absolute Gasteiger partial charge is 0.496 e. The van der Waals surface area contributed by atoms with Crippen LogP contribution >= 0.6 is 0 Å². The zero-order chi connectivity index (χ0) is 16.4. The minimum atomic E-state index is 0.122. The van der Waals surface area contributed by atoms with Gasteiger partial charge in [-0.15, -0.1) is 0 Å². The molecule has 5 nitrogen and oxygen atoms in total. The van der Waals surface area contributed by atoms with Gasteiger partial charge in [0.15, 0.2) is 0 Å². The van der Waals surface area contributed by atoms with E-state index in [2.05, 4.69) is 23.8 Å². The number of hydrogen-bond donors (Lipinski definition) is 0. The lowest BCUT2D eigenvalue weighted by atomic mass is 10.0. The smallest absolute Gasteiger partial charge is 0.254 e. The van der Waals surface area contributed by atoms with Crippen molar-refractivity contribution < 1.29 is 9.53 Å². The molecular formula is C18H27N3O2. The van der Waals surface area contributed by atoms with Gasteiger partial charge in [0.05, 0.1) is 7.11 Å². The zero-order valence-corrected chi connectivity index (χ0v) is 14.4. The van der Waals surface area contributed by atoms with E-state index in [9.17, 15) is 4.79 Å². The lowest BCUT2D eigenvalue weighted by Crippen LogP contribution is -2.63. The number of piperazine rings is 1. The van der Waals surface area contributed by atoms with E-state index >= 15 is 0 Å². The van der Waals surface area contributed by atoms with E-state index in [4.69, 9.17) is 4.74 Å². The summed E-state index contributed by atoms with van der Waals surface area (Å²) in [6.45, 7) is 8.26. The maximum Gasteiger partial charge on any atom is 0.254 e. The molecule has 0 aliphatic carbocycles. The van der Waals surface area contributed by atoms with Crippen LogP contribution in [0.5, 0.6) is 5.75 Å². The normalized spacial score (nSPS) is 20.4. The molecule has 0 saturated carbocycles. The Morgan fingerprint density at radius 1 is 1.22 bits per heavy atom. The lowest BCUT2D eigenvalue weighted by Gasteiger charge is -2.47. The van der Waals surface area contributed by atoms with E-state index in [0.717, 1.165) is 62.6 Å². The Morgan fingerprint density at radius 3 is 2.52 bits per heavy atom. The van der Waals surface area contributed by atoms with Crippen LogP contribution < -0.4 is 4.74 Å². The third-order valence-electron chi connectivity index (χ3n) is 5.12. The van der Waals surface area contributed by atoms with Gasteiger partial charge in [-0.1, -0.05) is 13.0 Å². The highest BCUT2D eigenvalue weighted by atomic mass is 16.5. The van der Waals surface area contributed by atoms with Crippen LogP contribution in [0.1, 0.15) is 22.8 Å². The first-order valence-electron chi connectivity index (χ1n) is 8.51. The van der Waals surface area contributed by atoms with Gasteiger partial charge in [-0.25, -0.2) is 0 Å². The van der Waals surface area contributed by atoms with Crippen molar-refractivity contribution in [2.24, 2.45) is 0 Å². The standard InChI is InChI=1S/C18H27N3O2/c1-4-14-5-6-15(11-17(14)23-3)18(22)21-12-16(13-21)20-9-7-19(2)8-10-20/h5-6,11,16H,4,7-10,12-13H2,1-3H3. The van der Waals surface area contributed by atoms with Gasteiger partial charge in [0.25, 0.3) is 5.91 Å². The third-order valence-corrected chi connectivity index (χ3v) is 5.12. The highest BCUT2D eigenvalue weighted by Gasteiger charge is 2.36. The molecular weight excluding hydrogens is 290 g/mol. The number of amides is 1. The fourth-order valence-electron chi connectivity index (χ4n) is 3.39. The van der Waals surface area contributed by atoms with E-state index in [1.165, 1.54) is 0 Å². The van der Waals surface area contributed by atoms with Crippen LogP contribution in [0.25, 0.3) is 0 Å². The number of benzene rings is 1. The quantitative estimate of drug-likeness (QED) is 0.839. The fraction of sp³-hybridized carbons (Fsp3) is 0.611. The molecule has 1 aromatic carbocycles. The zero-order valence-electron chi connectivity index (χ0n) is 14.4. The molecule has 1 aromatic rings. The molecule has 2 aliphatic heterocycles. The number of hydrogen-bond acceptors (Lipinski definition) is 4. The number of carbonyl (C=O) groups is 1. The Morgan fingerprint density at radius 2 is 1.91 bits per heavy atom. The van der Waals surface area contributed by atoms with Gasteiger partial charge >= 0.3 is 0 Å². The maximum absolute atomic E-state index is 12.6. The highest BCUT2D eigenvalue weighted by Crippen LogP contribution is 2.24. The SMILES string of the molecule is CCc1ccc(C(=O)N2CC(N3CCN(C)CC3)C2)cc1OC. The average Bonchev–Trinajstić information content (AvgIpc) is 2.54. The minimum absolute atomic E-state index is 0.122. The predicted octanol–water partition coefficient (Wildman–Crippen LogP) is 1.33. The van der Waals surface area contributed by atoms with Gasteiger partial charge in [-0.2, -0.15) is 0 Å². The molecule has 0 aromatic heterocycles. The van der Waals surface area contributed by atoms with Gasteiger partial charge in [0.1, 0.15) is 5.75 Å². The number of likely N-dealkylation sites (N-methyl/N-ethyl adjacent to an activating group) is 1. The van der Waals surface area contributed by atoms with Crippen molar-refractivity contribution in [3.05, 3.63) is 29.3 Å². The number of aryl methyl sites for hydroxylation is 1. The molecule has 3 rings (SSSR count). The highest BCUT2D eigenvalue weighted by molar-refractivity contribution is 5.95. The summed E-state index contributed by atoms with van der Waals surface area (Å²) in [4.78, 5) is 19.4. The minimum Gasteiger partial charge on any atom is -0.496 e. The topological polar surface area (TPSA) is 36.0 Å². The number of methoxy groups -OCH3 is 1. The van der Waals surface area contributed by atoms with Crippen LogP contribution in [-0.4, -0.2) is 80.1 Å². The van der Waals surface area contributed by atoms with Crippen molar-refractivity contribution in [3.63, 3.8) is 0 Å². The molecule has 126 valence electrons. The van der Waals surface area contributed by atoms with E-state index in [0.29, 0.717) is 6.04 Å². The molecule has 5 heteroatoms. The van der Waals surface area contributed by atoms with Gasteiger partial charge in [-0.05, 0) is 31.2 Å². The summed E-state index contributed by atoms with van der Waals surface area (Å²) in [6.07, 6.45) is 0.910. The molecule has 0 radical (unpaired) electrons. The van der Waals surface area contributed by atoms with Crippen LogP contribution in [0.4, 0.5) is 0 Å². The van der Waals surface area contributed by atoms with Gasteiger partial charge in [0.2, 0.25) is 0 Å². The number of nitrogens with zero attached hydrogens (tertiary/aromatic N) is 3. The first-order valence-corrected chi connectivity index (χ1v) is 8.51. The Labute approximate surface area is 138 Å². The Kier molecular flexibility index (Phi) is 4.87. The van der Waals surface area contributed by atoms with E-state index in [1.807, 2.05) is 23.1 Å². The molecule has 23 heavy (non-hydrogen) atoms. The molecule has 0 N–H and O–H groups in total. The average molecular weight is 317 g/mol. The summed E-state index contributed by atoms with van der Waals surface area (Å²) in [6, 6.07) is 6.34. The fourth-order valence-corrected chi connectivity index (χ4v) is 3.39. The monoisotopic (exact) mass is 317 g/mol. The molecule has 2 saturated heterocycles. The summed E-state index contributed by atoms with van der Waals surface area (Å²) >= 11 is 0. The third kappa shape index (κ3) is 3.35. The number of likely N-dealkylation sites (tertiary alicyclic amines) is 1. The van der Waals surface area contributed by atoms with Crippen molar-refractivity contribution in [2.75, 3.05) is 53.4 Å². The first-order chi connectivity index (χ1) is 11.1. The second-order valence-corrected chi connectivity index (χ2v) is 6.58. The summed E-state index contributed by atoms with van der Waals surface area (Å²) in [5.41, 5.74) is 1.87. The van der Waals surface area contributed by atoms with Crippen LogP contribution in [0.3, 0.4) is 0 Å². The summed E-state index contributed by atoms with van der Waals surface area (Å²) in [7, 11) is 3.83. The molecule has 0 unspecified atom stereocenters. The summed E-state index contributed by atoms with van der Waals surface area (Å²) in [5, 5.41) is 0. The maximum atomic E-state index is 12.6. The summed E-state index contributed by atoms with van der Waals surface area (Å²) in [5.74, 6) is 0.936. The van der Waals surface area contributed by atoms with Gasteiger partial charge in [0, 0.05) is 50.9 Å². The van der Waals surface area contributed by atoms with Crippen molar-refractivity contribution >= 4 is 5.91 Å². The number of ether oxygens (including phenoxy) is 1. The number of carbonyl (C=O) groups excluding carboxylic acids is 1. The van der Waals surface area contributed by atoms with E-state index in [-0.39, 0.29) is 5.91 Å². The molecule has 0 atom stereocenters. The van der Waals surface area contributed by atoms with Crippen LogP contribution in [0, 0.1) is 0 Å². The van der Waals surface area contributed by atoms with E-state index in [1.54, 1.807) is 7.11 Å². The van der Waals surface area contributed by atoms with Gasteiger partial charge in [-0.3, -0.25) is 9.69 Å². The van der Waals surface area contributed by atoms with Gasteiger partial charge < -0.3 is 14.5 Å². The first kappa shape index (κ1) is 16.3. The molecule has 2 aliphatic rings. The lowest BCUT2D eigenvalue weighted by molar-refractivity contribution is 0.0110. The van der Waals surface area contributed by atoms with Crippen molar-refractivity contribution in [2.45, 2.75) is 19.4 Å². The molecule has 2 heterocycles. The van der Waals surface area contributed by atoms with Crippen LogP contribution in [0.15, 0.2) is 18.2 Å². The number of rotatable bonds is 4. The summed E-state index contributed by atoms with van der Waals surface area (Å²) < 4.78 is 5.40. The molecule has 1 amide bonds. The van der Waals surface area contributed by atoms with Crippen molar-refractivity contribution in [1.82, 2.24) is 14.7 Å². The van der Waals surface area contributed by atoms with Crippen molar-refractivity contribution in [1.29, 1.82) is 0 Å². The Bertz CT molecular complexity index is 561. The molecule has 0 bridgehead atoms. The van der Waals surface area contributed by atoms with Crippen molar-refractivity contribution in [3.8, 4) is 5.75 Å².